The summed E-state index contributed by atoms with van der Waals surface area (Å²) in [5.41, 5.74) is 8.68. The van der Waals surface area contributed by atoms with E-state index < -0.39 is 6.04 Å². The first-order valence-corrected chi connectivity index (χ1v) is 11.3. The van der Waals surface area contributed by atoms with E-state index in [1.54, 1.807) is 25.1 Å². The van der Waals surface area contributed by atoms with Gasteiger partial charge in [-0.3, -0.25) is 14.5 Å². The summed E-state index contributed by atoms with van der Waals surface area (Å²) in [6.07, 6.45) is 4.26. The fourth-order valence-electron chi connectivity index (χ4n) is 4.63. The second-order valence-corrected chi connectivity index (χ2v) is 8.71. The molecule has 1 aliphatic heterocycles. The van der Waals surface area contributed by atoms with Gasteiger partial charge in [0.25, 0.3) is 0 Å². The molecule has 1 aliphatic carbocycles. The molecule has 2 heterocycles. The van der Waals surface area contributed by atoms with Crippen molar-refractivity contribution in [3.05, 3.63) is 59.0 Å². The number of rotatable bonds is 6. The number of anilines is 1. The van der Waals surface area contributed by atoms with Crippen molar-refractivity contribution in [2.75, 3.05) is 12.3 Å². The van der Waals surface area contributed by atoms with E-state index in [0.29, 0.717) is 12.4 Å². The minimum absolute atomic E-state index is 0.125. The molecule has 170 valence electrons. The first-order chi connectivity index (χ1) is 15.4. The number of hydrogen-bond acceptors (Lipinski definition) is 5. The number of nitrogen functional groups attached to an aromatic ring is 1. The number of amides is 2. The van der Waals surface area contributed by atoms with Crippen LogP contribution in [-0.4, -0.2) is 40.3 Å². The smallest absolute Gasteiger partial charge is 0.242 e. The topological polar surface area (TPSA) is 100 Å². The first-order valence-electron chi connectivity index (χ1n) is 11.3. The number of halogens is 1. The summed E-state index contributed by atoms with van der Waals surface area (Å²) in [4.78, 5) is 32.2. The van der Waals surface area contributed by atoms with Crippen LogP contribution in [0.25, 0.3) is 0 Å². The van der Waals surface area contributed by atoms with Crippen LogP contribution in [-0.2, 0) is 22.6 Å². The van der Waals surface area contributed by atoms with E-state index in [0.717, 1.165) is 55.5 Å². The van der Waals surface area contributed by atoms with Crippen LogP contribution in [0.4, 0.5) is 10.2 Å². The van der Waals surface area contributed by atoms with Crippen molar-refractivity contribution in [2.45, 2.75) is 63.7 Å². The quantitative estimate of drug-likeness (QED) is 0.642. The highest BCUT2D eigenvalue weighted by atomic mass is 19.1. The number of benzene rings is 1. The lowest BCUT2D eigenvalue weighted by Crippen LogP contribution is -2.51. The zero-order chi connectivity index (χ0) is 22.7. The molecule has 2 aliphatic rings. The van der Waals surface area contributed by atoms with Crippen molar-refractivity contribution < 1.29 is 14.0 Å². The van der Waals surface area contributed by atoms with Crippen molar-refractivity contribution in [1.29, 1.82) is 0 Å². The number of aryl methyl sites for hydroxylation is 1. The van der Waals surface area contributed by atoms with E-state index in [2.05, 4.69) is 20.5 Å². The number of aromatic nitrogens is 1. The predicted molar refractivity (Wildman–Crippen MR) is 120 cm³/mol. The van der Waals surface area contributed by atoms with Crippen LogP contribution in [0.5, 0.6) is 0 Å². The minimum atomic E-state index is -0.650. The molecular weight excluding hydrogens is 409 g/mol. The maximum absolute atomic E-state index is 13.2. The summed E-state index contributed by atoms with van der Waals surface area (Å²) < 4.78 is 13.2. The van der Waals surface area contributed by atoms with Gasteiger partial charge in [-0.15, -0.1) is 0 Å². The van der Waals surface area contributed by atoms with Gasteiger partial charge in [-0.1, -0.05) is 18.2 Å². The fraction of sp³-hybridized carbons (Fsp3) is 0.458. The van der Waals surface area contributed by atoms with Crippen LogP contribution < -0.4 is 16.4 Å². The number of nitrogens with two attached hydrogens (primary N) is 1. The number of nitrogens with one attached hydrogen (secondary N) is 2. The summed E-state index contributed by atoms with van der Waals surface area (Å²) in [5, 5.41) is 5.94. The molecule has 3 atom stereocenters. The molecule has 0 bridgehead atoms. The Kier molecular flexibility index (Phi) is 6.69. The summed E-state index contributed by atoms with van der Waals surface area (Å²) in [6.45, 7) is 3.08. The summed E-state index contributed by atoms with van der Waals surface area (Å²) in [6, 6.07) is 8.95. The number of likely N-dealkylation sites (tertiary alicyclic amines) is 1. The molecule has 7 nitrogen and oxygen atoms in total. The average Bonchev–Trinajstić information content (AvgIpc) is 3.23. The molecule has 0 saturated carbocycles. The molecule has 0 spiro atoms. The summed E-state index contributed by atoms with van der Waals surface area (Å²) >= 11 is 0. The van der Waals surface area contributed by atoms with Crippen molar-refractivity contribution in [3.63, 3.8) is 0 Å². The van der Waals surface area contributed by atoms with Crippen LogP contribution in [0.3, 0.4) is 0 Å². The molecule has 8 heteroatoms. The van der Waals surface area contributed by atoms with Gasteiger partial charge in [0.15, 0.2) is 0 Å². The maximum Gasteiger partial charge on any atom is 0.242 e. The number of nitrogens with zero attached hydrogens (tertiary/aromatic N) is 2. The van der Waals surface area contributed by atoms with Gasteiger partial charge < -0.3 is 16.4 Å². The molecule has 4 N–H and O–H groups in total. The zero-order valence-corrected chi connectivity index (χ0v) is 18.3. The third kappa shape index (κ3) is 5.07. The van der Waals surface area contributed by atoms with E-state index in [9.17, 15) is 14.0 Å². The van der Waals surface area contributed by atoms with E-state index in [1.807, 2.05) is 6.07 Å². The third-order valence-electron chi connectivity index (χ3n) is 6.35. The highest BCUT2D eigenvalue weighted by Crippen LogP contribution is 2.29. The highest BCUT2D eigenvalue weighted by Gasteiger charge is 2.32. The lowest BCUT2D eigenvalue weighted by atomic mass is 9.91. The Morgan fingerprint density at radius 2 is 1.97 bits per heavy atom. The van der Waals surface area contributed by atoms with Gasteiger partial charge in [-0.25, -0.2) is 9.37 Å². The number of carbonyl (C=O) groups excluding carboxylic acids is 2. The number of pyridine rings is 1. The number of hydrogen-bond donors (Lipinski definition) is 3. The minimum Gasteiger partial charge on any atom is -0.384 e. The Balaban J connectivity index is 1.34. The zero-order valence-electron chi connectivity index (χ0n) is 18.3. The van der Waals surface area contributed by atoms with Crippen LogP contribution >= 0.6 is 0 Å². The molecule has 1 saturated heterocycles. The van der Waals surface area contributed by atoms with Crippen LogP contribution in [0.2, 0.25) is 0 Å². The maximum atomic E-state index is 13.2. The normalized spacial score (nSPS) is 21.6. The van der Waals surface area contributed by atoms with E-state index in [4.69, 9.17) is 5.73 Å². The van der Waals surface area contributed by atoms with Gasteiger partial charge in [0.1, 0.15) is 17.7 Å². The molecule has 32 heavy (non-hydrogen) atoms. The predicted octanol–water partition coefficient (Wildman–Crippen LogP) is 2.47. The molecule has 2 amide bonds. The van der Waals surface area contributed by atoms with E-state index >= 15 is 0 Å². The molecule has 1 fully saturated rings. The lowest BCUT2D eigenvalue weighted by molar-refractivity contribution is -0.131. The van der Waals surface area contributed by atoms with Crippen LogP contribution in [0.15, 0.2) is 36.4 Å². The average molecular weight is 440 g/mol. The lowest BCUT2D eigenvalue weighted by Gasteiger charge is -2.28. The Labute approximate surface area is 187 Å². The molecule has 4 rings (SSSR count). The van der Waals surface area contributed by atoms with Crippen LogP contribution in [0.1, 0.15) is 55.5 Å². The Morgan fingerprint density at radius 3 is 2.75 bits per heavy atom. The van der Waals surface area contributed by atoms with Gasteiger partial charge >= 0.3 is 0 Å². The third-order valence-corrected chi connectivity index (χ3v) is 6.35. The Hall–Kier alpha value is -3.00. The van der Waals surface area contributed by atoms with Crippen LogP contribution in [0, 0.1) is 5.82 Å². The van der Waals surface area contributed by atoms with Crippen molar-refractivity contribution >= 4 is 17.6 Å². The van der Waals surface area contributed by atoms with Gasteiger partial charge in [-0.05, 0) is 74.9 Å². The largest absolute Gasteiger partial charge is 0.384 e. The van der Waals surface area contributed by atoms with E-state index in [1.165, 1.54) is 12.1 Å². The summed E-state index contributed by atoms with van der Waals surface area (Å²) in [5.74, 6) is -0.149. The van der Waals surface area contributed by atoms with E-state index in [-0.39, 0.29) is 29.7 Å². The SMILES string of the molecule is C[C@H](NC(=O)C1CCCN1Cc1ccc(F)cc1)C(=O)N[C@H]1CCCc2nc(N)ccc21. The Bertz CT molecular complexity index is 981. The standard InChI is InChI=1S/C24H30FN5O2/c1-15(23(31)29-20-5-2-4-19-18(20)11-12-22(26)28-19)27-24(32)21-6-3-13-30(21)14-16-7-9-17(25)10-8-16/h7-12,15,20-21H,2-6,13-14H2,1H3,(H2,26,28)(H,27,32)(H,29,31)/t15-,20-,21?/m0/s1. The molecule has 0 radical (unpaired) electrons. The van der Waals surface area contributed by atoms with Crippen molar-refractivity contribution in [1.82, 2.24) is 20.5 Å². The highest BCUT2D eigenvalue weighted by molar-refractivity contribution is 5.89. The van der Waals surface area contributed by atoms with Gasteiger partial charge in [0.2, 0.25) is 11.8 Å². The molecule has 1 aromatic carbocycles. The molecular formula is C24H30FN5O2. The van der Waals surface area contributed by atoms with Crippen molar-refractivity contribution in [2.24, 2.45) is 0 Å². The second-order valence-electron chi connectivity index (χ2n) is 8.71. The second kappa shape index (κ2) is 9.65. The monoisotopic (exact) mass is 439 g/mol. The van der Waals surface area contributed by atoms with Gasteiger partial charge in [0.05, 0.1) is 12.1 Å². The molecule has 1 aromatic heterocycles. The van der Waals surface area contributed by atoms with Gasteiger partial charge in [0, 0.05) is 12.2 Å². The Morgan fingerprint density at radius 1 is 1.19 bits per heavy atom. The van der Waals surface area contributed by atoms with Crippen molar-refractivity contribution in [3.8, 4) is 0 Å². The van der Waals surface area contributed by atoms with Gasteiger partial charge in [-0.2, -0.15) is 0 Å². The summed E-state index contributed by atoms with van der Waals surface area (Å²) in [7, 11) is 0. The number of fused-ring (bicyclic) bond motifs is 1. The fourth-order valence-corrected chi connectivity index (χ4v) is 4.63. The first kappa shape index (κ1) is 22.2. The molecule has 2 aromatic rings. The number of carbonyl (C=O) groups is 2. The molecule has 1 unspecified atom stereocenters.